The standard InChI is InChI=1S/C20H23N3O4/c1-26-14-12-21-17(24)10-6-13-23-19-16(9-5-11-22-19)27-18(20(23)25)15-7-3-2-4-8-15/h2-5,7-9,11,18H,6,10,12-14H2,1H3,(H,21,24). The van der Waals surface area contributed by atoms with Gasteiger partial charge in [0, 0.05) is 38.4 Å². The zero-order valence-electron chi connectivity index (χ0n) is 15.3. The molecular weight excluding hydrogens is 346 g/mol. The number of amides is 2. The molecule has 1 aromatic heterocycles. The monoisotopic (exact) mass is 369 g/mol. The van der Waals surface area contributed by atoms with Crippen LogP contribution in [0.15, 0.2) is 48.7 Å². The lowest BCUT2D eigenvalue weighted by molar-refractivity contribution is -0.127. The first-order valence-electron chi connectivity index (χ1n) is 8.94. The second-order valence-electron chi connectivity index (χ2n) is 6.17. The number of nitrogens with zero attached hydrogens (tertiary/aromatic N) is 2. The molecule has 0 fully saturated rings. The van der Waals surface area contributed by atoms with E-state index in [9.17, 15) is 9.59 Å². The van der Waals surface area contributed by atoms with Gasteiger partial charge in [-0.05, 0) is 18.6 Å². The van der Waals surface area contributed by atoms with Gasteiger partial charge in [-0.15, -0.1) is 0 Å². The second kappa shape index (κ2) is 9.14. The summed E-state index contributed by atoms with van der Waals surface area (Å²) in [5, 5.41) is 2.78. The third-order valence-corrected chi connectivity index (χ3v) is 4.26. The number of ether oxygens (including phenoxy) is 2. The maximum absolute atomic E-state index is 13.0. The minimum atomic E-state index is -0.710. The summed E-state index contributed by atoms with van der Waals surface area (Å²) in [6, 6.07) is 13.0. The fourth-order valence-corrected chi connectivity index (χ4v) is 2.93. The van der Waals surface area contributed by atoms with Crippen molar-refractivity contribution in [2.45, 2.75) is 18.9 Å². The van der Waals surface area contributed by atoms with Crippen LogP contribution in [0.25, 0.3) is 0 Å². The Balaban J connectivity index is 1.69. The lowest BCUT2D eigenvalue weighted by Gasteiger charge is -2.33. The number of benzene rings is 1. The number of rotatable bonds is 8. The summed E-state index contributed by atoms with van der Waals surface area (Å²) in [6.07, 6.45) is 1.77. The third kappa shape index (κ3) is 4.62. The van der Waals surface area contributed by atoms with Gasteiger partial charge >= 0.3 is 0 Å². The van der Waals surface area contributed by atoms with Crippen molar-refractivity contribution in [3.05, 3.63) is 54.2 Å². The molecule has 1 atom stereocenters. The van der Waals surface area contributed by atoms with Crippen LogP contribution in [0.5, 0.6) is 5.75 Å². The van der Waals surface area contributed by atoms with E-state index in [-0.39, 0.29) is 11.8 Å². The van der Waals surface area contributed by atoms with Gasteiger partial charge in [0.2, 0.25) is 12.0 Å². The maximum Gasteiger partial charge on any atom is 0.274 e. The molecule has 27 heavy (non-hydrogen) atoms. The van der Waals surface area contributed by atoms with Gasteiger partial charge in [0.05, 0.1) is 6.61 Å². The molecule has 142 valence electrons. The molecule has 1 unspecified atom stereocenters. The molecule has 2 amide bonds. The first-order chi connectivity index (χ1) is 13.2. The van der Waals surface area contributed by atoms with Crippen molar-refractivity contribution in [1.29, 1.82) is 0 Å². The largest absolute Gasteiger partial charge is 0.472 e. The van der Waals surface area contributed by atoms with Crippen molar-refractivity contribution in [2.75, 3.05) is 31.7 Å². The molecular formula is C20H23N3O4. The van der Waals surface area contributed by atoms with E-state index in [1.807, 2.05) is 30.3 Å². The van der Waals surface area contributed by atoms with Crippen LogP contribution in [0.2, 0.25) is 0 Å². The number of nitrogens with one attached hydrogen (secondary N) is 1. The Hall–Kier alpha value is -2.93. The molecule has 1 aliphatic heterocycles. The Labute approximate surface area is 158 Å². The van der Waals surface area contributed by atoms with Crippen molar-refractivity contribution in [1.82, 2.24) is 10.3 Å². The number of carbonyl (C=O) groups is 2. The maximum atomic E-state index is 13.0. The number of hydrogen-bond donors (Lipinski definition) is 1. The summed E-state index contributed by atoms with van der Waals surface area (Å²) < 4.78 is 10.8. The Kier molecular flexibility index (Phi) is 6.38. The van der Waals surface area contributed by atoms with Crippen LogP contribution in [-0.2, 0) is 14.3 Å². The molecule has 0 radical (unpaired) electrons. The van der Waals surface area contributed by atoms with Gasteiger partial charge in [0.15, 0.2) is 11.6 Å². The van der Waals surface area contributed by atoms with Crippen LogP contribution in [0.1, 0.15) is 24.5 Å². The van der Waals surface area contributed by atoms with Gasteiger partial charge in [-0.2, -0.15) is 0 Å². The molecule has 0 saturated carbocycles. The Morgan fingerprint density at radius 1 is 1.26 bits per heavy atom. The molecule has 3 rings (SSSR count). The highest BCUT2D eigenvalue weighted by Gasteiger charge is 2.36. The number of methoxy groups -OCH3 is 1. The second-order valence-corrected chi connectivity index (χ2v) is 6.17. The number of hydrogen-bond acceptors (Lipinski definition) is 5. The molecule has 7 nitrogen and oxygen atoms in total. The lowest BCUT2D eigenvalue weighted by atomic mass is 10.1. The van der Waals surface area contributed by atoms with E-state index in [2.05, 4.69) is 10.3 Å². The number of fused-ring (bicyclic) bond motifs is 1. The van der Waals surface area contributed by atoms with E-state index in [4.69, 9.17) is 9.47 Å². The molecule has 2 aromatic rings. The summed E-state index contributed by atoms with van der Waals surface area (Å²) in [7, 11) is 1.59. The van der Waals surface area contributed by atoms with Crippen LogP contribution < -0.4 is 15.0 Å². The van der Waals surface area contributed by atoms with Crippen molar-refractivity contribution in [3.63, 3.8) is 0 Å². The normalized spacial score (nSPS) is 15.8. The van der Waals surface area contributed by atoms with Gasteiger partial charge < -0.3 is 14.8 Å². The van der Waals surface area contributed by atoms with Crippen LogP contribution in [0, 0.1) is 0 Å². The highest BCUT2D eigenvalue weighted by molar-refractivity contribution is 5.99. The van der Waals surface area contributed by atoms with Gasteiger partial charge in [0.1, 0.15) is 0 Å². The van der Waals surface area contributed by atoms with Crippen LogP contribution in [0.3, 0.4) is 0 Å². The minimum absolute atomic E-state index is 0.0615. The average molecular weight is 369 g/mol. The molecule has 2 heterocycles. The number of pyridine rings is 1. The van der Waals surface area contributed by atoms with Crippen LogP contribution in [0.4, 0.5) is 5.82 Å². The van der Waals surface area contributed by atoms with E-state index >= 15 is 0 Å². The van der Waals surface area contributed by atoms with Gasteiger partial charge in [-0.25, -0.2) is 4.98 Å². The first-order valence-corrected chi connectivity index (χ1v) is 8.94. The predicted molar refractivity (Wildman–Crippen MR) is 101 cm³/mol. The molecule has 1 N–H and O–H groups in total. The zero-order valence-corrected chi connectivity index (χ0v) is 15.3. The smallest absolute Gasteiger partial charge is 0.274 e. The van der Waals surface area contributed by atoms with Crippen LogP contribution in [-0.4, -0.2) is 43.6 Å². The molecule has 0 spiro atoms. The van der Waals surface area contributed by atoms with Crippen molar-refractivity contribution >= 4 is 17.6 Å². The summed E-state index contributed by atoms with van der Waals surface area (Å²) in [6.45, 7) is 1.35. The molecule has 1 aromatic carbocycles. The molecule has 1 aliphatic rings. The number of anilines is 1. The van der Waals surface area contributed by atoms with E-state index in [1.54, 1.807) is 30.3 Å². The third-order valence-electron chi connectivity index (χ3n) is 4.26. The average Bonchev–Trinajstić information content (AvgIpc) is 2.70. The van der Waals surface area contributed by atoms with E-state index in [0.717, 1.165) is 5.56 Å². The van der Waals surface area contributed by atoms with Crippen molar-refractivity contribution in [2.24, 2.45) is 0 Å². The topological polar surface area (TPSA) is 80.8 Å². The Bertz CT molecular complexity index is 782. The van der Waals surface area contributed by atoms with Gasteiger partial charge in [0.25, 0.3) is 5.91 Å². The SMILES string of the molecule is COCCNC(=O)CCCN1C(=O)C(c2ccccc2)Oc2cccnc21. The minimum Gasteiger partial charge on any atom is -0.472 e. The molecule has 0 saturated heterocycles. The highest BCUT2D eigenvalue weighted by atomic mass is 16.5. The zero-order chi connectivity index (χ0) is 19.1. The van der Waals surface area contributed by atoms with Gasteiger partial charge in [-0.3, -0.25) is 14.5 Å². The van der Waals surface area contributed by atoms with E-state index < -0.39 is 6.10 Å². The van der Waals surface area contributed by atoms with Crippen molar-refractivity contribution in [3.8, 4) is 5.75 Å². The van der Waals surface area contributed by atoms with E-state index in [1.165, 1.54) is 0 Å². The van der Waals surface area contributed by atoms with Crippen molar-refractivity contribution < 1.29 is 19.1 Å². The fourth-order valence-electron chi connectivity index (χ4n) is 2.93. The lowest BCUT2D eigenvalue weighted by Crippen LogP contribution is -2.42. The summed E-state index contributed by atoms with van der Waals surface area (Å²) in [4.78, 5) is 30.8. The van der Waals surface area contributed by atoms with Gasteiger partial charge in [-0.1, -0.05) is 30.3 Å². The molecule has 0 bridgehead atoms. The quantitative estimate of drug-likeness (QED) is 0.721. The summed E-state index contributed by atoms with van der Waals surface area (Å²) in [5.41, 5.74) is 0.791. The Morgan fingerprint density at radius 2 is 2.07 bits per heavy atom. The predicted octanol–water partition coefficient (Wildman–Crippen LogP) is 2.09. The summed E-state index contributed by atoms with van der Waals surface area (Å²) >= 11 is 0. The number of carbonyl (C=O) groups excluding carboxylic acids is 2. The molecule has 0 aliphatic carbocycles. The molecule has 7 heteroatoms. The van der Waals surface area contributed by atoms with Crippen LogP contribution >= 0.6 is 0 Å². The summed E-state index contributed by atoms with van der Waals surface area (Å²) in [5.74, 6) is 0.825. The number of aromatic nitrogens is 1. The Morgan fingerprint density at radius 3 is 2.85 bits per heavy atom. The first kappa shape index (κ1) is 18.8. The fraction of sp³-hybridized carbons (Fsp3) is 0.350. The highest BCUT2D eigenvalue weighted by Crippen LogP contribution is 2.37. The van der Waals surface area contributed by atoms with E-state index in [0.29, 0.717) is 44.1 Å².